The smallest absolute Gasteiger partial charge is 0.193 e. The molecule has 3 aromatic rings. The van der Waals surface area contributed by atoms with E-state index < -0.39 is 0 Å². The Morgan fingerprint density at radius 2 is 1.07 bits per heavy atom. The molecule has 3 heteroatoms. The molecular weight excluding hydrogens is 360 g/mol. The zero-order valence-corrected chi connectivity index (χ0v) is 18.3. The van der Waals surface area contributed by atoms with Crippen molar-refractivity contribution in [2.24, 2.45) is 5.92 Å². The molecule has 0 aromatic heterocycles. The van der Waals surface area contributed by atoms with Gasteiger partial charge in [-0.05, 0) is 61.4 Å². The molecule has 0 fully saturated rings. The van der Waals surface area contributed by atoms with Crippen LogP contribution in [0, 0.1) is 12.8 Å². The van der Waals surface area contributed by atoms with Crippen molar-refractivity contribution in [3.05, 3.63) is 89.5 Å². The minimum Gasteiger partial charge on any atom is -0.508 e. The lowest BCUT2D eigenvalue weighted by atomic mass is 10.0. The zero-order valence-electron chi connectivity index (χ0n) is 18.3. The summed E-state index contributed by atoms with van der Waals surface area (Å²) in [6, 6.07) is 21.0. The summed E-state index contributed by atoms with van der Waals surface area (Å²) in [5.74, 6) is 2.27. The number of carbonyl (C=O) groups excluding carboxylic acids is 1. The van der Waals surface area contributed by atoms with Gasteiger partial charge in [0, 0.05) is 11.1 Å². The van der Waals surface area contributed by atoms with Crippen LogP contribution in [0.15, 0.2) is 72.8 Å². The van der Waals surface area contributed by atoms with Crippen LogP contribution in [0.1, 0.15) is 56.1 Å². The maximum Gasteiger partial charge on any atom is 0.193 e. The van der Waals surface area contributed by atoms with E-state index in [2.05, 4.69) is 20.8 Å². The SMILES string of the molecule is CC.CC(C)C.Cc1ccc(C(=O)c2ccc(Oc3ccc(O)cc3)cc2)cc1. The molecule has 0 atom stereocenters. The normalized spacial score (nSPS) is 9.62. The maximum atomic E-state index is 12.4. The highest BCUT2D eigenvalue weighted by Crippen LogP contribution is 2.24. The molecule has 1 N–H and O–H groups in total. The summed E-state index contributed by atoms with van der Waals surface area (Å²) in [4.78, 5) is 12.4. The molecular formula is C26H32O3. The molecule has 0 aliphatic rings. The topological polar surface area (TPSA) is 46.5 Å². The van der Waals surface area contributed by atoms with Gasteiger partial charge in [0.1, 0.15) is 17.2 Å². The predicted octanol–water partition coefficient (Wildman–Crippen LogP) is 7.41. The highest BCUT2D eigenvalue weighted by molar-refractivity contribution is 6.09. The van der Waals surface area contributed by atoms with Crippen molar-refractivity contribution in [2.45, 2.75) is 41.5 Å². The summed E-state index contributed by atoms with van der Waals surface area (Å²) < 4.78 is 5.67. The molecule has 0 unspecified atom stereocenters. The van der Waals surface area contributed by atoms with Gasteiger partial charge in [-0.3, -0.25) is 4.79 Å². The number of ketones is 1. The van der Waals surface area contributed by atoms with E-state index in [0.717, 1.165) is 11.5 Å². The fourth-order valence-electron chi connectivity index (χ4n) is 2.20. The van der Waals surface area contributed by atoms with E-state index in [-0.39, 0.29) is 11.5 Å². The lowest BCUT2D eigenvalue weighted by molar-refractivity contribution is 0.103. The average Bonchev–Trinajstić information content (AvgIpc) is 2.71. The molecule has 0 saturated heterocycles. The van der Waals surface area contributed by atoms with Gasteiger partial charge in [0.25, 0.3) is 0 Å². The summed E-state index contributed by atoms with van der Waals surface area (Å²) in [5.41, 5.74) is 2.41. The quantitative estimate of drug-likeness (QED) is 0.470. The van der Waals surface area contributed by atoms with Crippen molar-refractivity contribution in [3.63, 3.8) is 0 Å². The number of ether oxygens (including phenoxy) is 1. The van der Waals surface area contributed by atoms with Crippen LogP contribution in [0.2, 0.25) is 0 Å². The minimum absolute atomic E-state index is 0.0128. The largest absolute Gasteiger partial charge is 0.508 e. The fraction of sp³-hybridized carbons (Fsp3) is 0.269. The molecule has 3 nitrogen and oxygen atoms in total. The second-order valence-corrected chi connectivity index (χ2v) is 7.05. The van der Waals surface area contributed by atoms with Crippen molar-refractivity contribution in [3.8, 4) is 17.2 Å². The Kier molecular flexibility index (Phi) is 10.2. The van der Waals surface area contributed by atoms with Crippen LogP contribution in [0.5, 0.6) is 17.2 Å². The Morgan fingerprint density at radius 1 is 0.724 bits per heavy atom. The van der Waals surface area contributed by atoms with Crippen LogP contribution >= 0.6 is 0 Å². The molecule has 0 heterocycles. The van der Waals surface area contributed by atoms with Crippen LogP contribution in [-0.4, -0.2) is 10.9 Å². The van der Waals surface area contributed by atoms with Crippen molar-refractivity contribution in [1.29, 1.82) is 0 Å². The summed E-state index contributed by atoms with van der Waals surface area (Å²) >= 11 is 0. The van der Waals surface area contributed by atoms with E-state index in [1.807, 2.05) is 45.0 Å². The number of benzene rings is 3. The number of phenols is 1. The number of hydrogen-bond donors (Lipinski definition) is 1. The lowest BCUT2D eigenvalue weighted by Gasteiger charge is -2.07. The summed E-state index contributed by atoms with van der Waals surface area (Å²) in [6.07, 6.45) is 0. The van der Waals surface area contributed by atoms with E-state index in [1.165, 1.54) is 0 Å². The van der Waals surface area contributed by atoms with Crippen LogP contribution in [0.25, 0.3) is 0 Å². The molecule has 3 aromatic carbocycles. The number of aryl methyl sites for hydroxylation is 1. The second-order valence-electron chi connectivity index (χ2n) is 7.05. The predicted molar refractivity (Wildman–Crippen MR) is 121 cm³/mol. The Balaban J connectivity index is 0.000000627. The zero-order chi connectivity index (χ0) is 21.8. The highest BCUT2D eigenvalue weighted by Gasteiger charge is 2.09. The molecule has 0 spiro atoms. The first-order valence-corrected chi connectivity index (χ1v) is 10.0. The van der Waals surface area contributed by atoms with Crippen LogP contribution < -0.4 is 4.74 Å². The number of aromatic hydroxyl groups is 1. The lowest BCUT2D eigenvalue weighted by Crippen LogP contribution is -2.00. The van der Waals surface area contributed by atoms with Gasteiger partial charge in [0.05, 0.1) is 0 Å². The third-order valence-electron chi connectivity index (χ3n) is 3.50. The number of phenolic OH excluding ortho intramolecular Hbond substituents is 1. The van der Waals surface area contributed by atoms with E-state index >= 15 is 0 Å². The molecule has 154 valence electrons. The van der Waals surface area contributed by atoms with E-state index in [4.69, 9.17) is 4.74 Å². The van der Waals surface area contributed by atoms with Gasteiger partial charge in [0.2, 0.25) is 0 Å². The molecule has 0 amide bonds. The van der Waals surface area contributed by atoms with Gasteiger partial charge < -0.3 is 9.84 Å². The minimum atomic E-state index is -0.0128. The molecule has 0 aliphatic heterocycles. The highest BCUT2D eigenvalue weighted by atomic mass is 16.5. The van der Waals surface area contributed by atoms with E-state index in [1.54, 1.807) is 48.5 Å². The van der Waals surface area contributed by atoms with E-state index in [0.29, 0.717) is 22.6 Å². The van der Waals surface area contributed by atoms with Crippen molar-refractivity contribution < 1.29 is 14.6 Å². The van der Waals surface area contributed by atoms with Gasteiger partial charge in [-0.25, -0.2) is 0 Å². The van der Waals surface area contributed by atoms with Gasteiger partial charge in [-0.1, -0.05) is 64.4 Å². The summed E-state index contributed by atoms with van der Waals surface area (Å²) in [6.45, 7) is 12.5. The Labute approximate surface area is 175 Å². The molecule has 29 heavy (non-hydrogen) atoms. The van der Waals surface area contributed by atoms with Crippen molar-refractivity contribution >= 4 is 5.78 Å². The van der Waals surface area contributed by atoms with Gasteiger partial charge >= 0.3 is 0 Å². The standard InChI is InChI=1S/C20H16O3.C4H10.C2H6/c1-14-2-4-15(5-3-14)20(22)16-6-10-18(11-7-16)23-19-12-8-17(21)9-13-19;1-4(2)3;1-2/h2-13,21H,1H3;4H,1-3H3;1-2H3. The Bertz CT molecular complexity index is 843. The molecule has 0 aliphatic carbocycles. The Morgan fingerprint density at radius 3 is 1.48 bits per heavy atom. The molecule has 0 saturated carbocycles. The van der Waals surface area contributed by atoms with Crippen LogP contribution in [0.3, 0.4) is 0 Å². The molecule has 0 bridgehead atoms. The maximum absolute atomic E-state index is 12.4. The second kappa shape index (κ2) is 12.4. The van der Waals surface area contributed by atoms with Gasteiger partial charge in [0.15, 0.2) is 5.78 Å². The van der Waals surface area contributed by atoms with Crippen molar-refractivity contribution in [1.82, 2.24) is 0 Å². The summed E-state index contributed by atoms with van der Waals surface area (Å²) in [7, 11) is 0. The third-order valence-corrected chi connectivity index (χ3v) is 3.50. The molecule has 3 rings (SSSR count). The third kappa shape index (κ3) is 8.65. The Hall–Kier alpha value is -3.07. The van der Waals surface area contributed by atoms with Gasteiger partial charge in [-0.15, -0.1) is 0 Å². The number of carbonyl (C=O) groups is 1. The first kappa shape index (κ1) is 24.0. The average molecular weight is 393 g/mol. The number of hydrogen-bond acceptors (Lipinski definition) is 3. The molecule has 0 radical (unpaired) electrons. The van der Waals surface area contributed by atoms with Crippen LogP contribution in [-0.2, 0) is 0 Å². The van der Waals surface area contributed by atoms with Crippen LogP contribution in [0.4, 0.5) is 0 Å². The summed E-state index contributed by atoms with van der Waals surface area (Å²) in [5, 5.41) is 9.25. The first-order chi connectivity index (χ1) is 13.8. The van der Waals surface area contributed by atoms with Crippen molar-refractivity contribution in [2.75, 3.05) is 0 Å². The monoisotopic (exact) mass is 392 g/mol. The van der Waals surface area contributed by atoms with Gasteiger partial charge in [-0.2, -0.15) is 0 Å². The van der Waals surface area contributed by atoms with E-state index in [9.17, 15) is 9.90 Å². The fourth-order valence-corrected chi connectivity index (χ4v) is 2.20. The first-order valence-electron chi connectivity index (χ1n) is 10.0. The number of rotatable bonds is 4.